The average Bonchev–Trinajstić information content (AvgIpc) is 3.25. The molecule has 2 saturated heterocycles. The highest BCUT2D eigenvalue weighted by atomic mass is 32.1. The van der Waals surface area contributed by atoms with Gasteiger partial charge in [0, 0.05) is 36.6 Å². The molecule has 2 fully saturated rings. The molecule has 0 aliphatic carbocycles. The molecule has 5 nitrogen and oxygen atoms in total. The molecule has 0 aromatic carbocycles. The first-order valence-electron chi connectivity index (χ1n) is 8.25. The van der Waals surface area contributed by atoms with Gasteiger partial charge in [0.2, 0.25) is 0 Å². The molecule has 0 saturated carbocycles. The molecular formula is C17H23N3O2S. The van der Waals surface area contributed by atoms with Crippen LogP contribution in [-0.4, -0.2) is 54.2 Å². The van der Waals surface area contributed by atoms with Crippen LogP contribution in [0.2, 0.25) is 0 Å². The Balaban J connectivity index is 1.40. The van der Waals surface area contributed by atoms with E-state index in [1.807, 2.05) is 12.3 Å². The summed E-state index contributed by atoms with van der Waals surface area (Å²) in [6.45, 7) is 7.84. The minimum Gasteiger partial charge on any atom is -0.468 e. The van der Waals surface area contributed by atoms with Crippen molar-refractivity contribution >= 4 is 11.3 Å². The Morgan fingerprint density at radius 3 is 2.91 bits per heavy atom. The zero-order valence-electron chi connectivity index (χ0n) is 13.3. The number of rotatable bonds is 4. The van der Waals surface area contributed by atoms with Gasteiger partial charge < -0.3 is 9.15 Å². The number of aromatic nitrogens is 1. The van der Waals surface area contributed by atoms with E-state index in [-0.39, 0.29) is 5.41 Å². The summed E-state index contributed by atoms with van der Waals surface area (Å²) in [6, 6.07) is 4.02. The van der Waals surface area contributed by atoms with E-state index < -0.39 is 0 Å². The number of thiazole rings is 1. The Hall–Kier alpha value is -1.21. The maximum atomic E-state index is 5.95. The zero-order chi connectivity index (χ0) is 15.5. The van der Waals surface area contributed by atoms with E-state index >= 15 is 0 Å². The molecule has 0 N–H and O–H groups in total. The predicted octanol–water partition coefficient (Wildman–Crippen LogP) is 2.46. The third-order valence-electron chi connectivity index (χ3n) is 4.84. The summed E-state index contributed by atoms with van der Waals surface area (Å²) in [7, 11) is 0. The Kier molecular flexibility index (Phi) is 4.48. The number of hydrogen-bond acceptors (Lipinski definition) is 6. The summed E-state index contributed by atoms with van der Waals surface area (Å²) in [4.78, 5) is 9.43. The van der Waals surface area contributed by atoms with Crippen LogP contribution < -0.4 is 0 Å². The molecule has 2 aliphatic heterocycles. The second kappa shape index (κ2) is 6.73. The smallest absolute Gasteiger partial charge is 0.117 e. The second-order valence-electron chi connectivity index (χ2n) is 6.73. The molecule has 0 bridgehead atoms. The van der Waals surface area contributed by atoms with Crippen LogP contribution in [0.4, 0.5) is 0 Å². The fourth-order valence-corrected chi connectivity index (χ4v) is 4.43. The molecule has 2 aromatic rings. The van der Waals surface area contributed by atoms with Gasteiger partial charge in [-0.05, 0) is 25.1 Å². The lowest BCUT2D eigenvalue weighted by molar-refractivity contribution is 0.0704. The Morgan fingerprint density at radius 2 is 2.13 bits per heavy atom. The minimum absolute atomic E-state index is 0.250. The third-order valence-corrected chi connectivity index (χ3v) is 5.60. The molecule has 23 heavy (non-hydrogen) atoms. The predicted molar refractivity (Wildman–Crippen MR) is 89.2 cm³/mol. The fraction of sp³-hybridized carbons (Fsp3) is 0.588. The van der Waals surface area contributed by atoms with Crippen molar-refractivity contribution < 1.29 is 9.15 Å². The summed E-state index contributed by atoms with van der Waals surface area (Å²) in [5.41, 5.74) is 0.250. The molecule has 2 aliphatic rings. The Bertz CT molecular complexity index is 601. The lowest BCUT2D eigenvalue weighted by Gasteiger charge is -2.31. The van der Waals surface area contributed by atoms with E-state index in [1.165, 1.54) is 11.4 Å². The Morgan fingerprint density at radius 1 is 1.22 bits per heavy atom. The van der Waals surface area contributed by atoms with E-state index in [2.05, 4.69) is 26.2 Å². The first-order chi connectivity index (χ1) is 11.3. The molecule has 0 radical (unpaired) electrons. The minimum atomic E-state index is 0.250. The van der Waals surface area contributed by atoms with Crippen molar-refractivity contribution in [2.75, 3.05) is 39.4 Å². The van der Waals surface area contributed by atoms with Gasteiger partial charge >= 0.3 is 0 Å². The number of ether oxygens (including phenoxy) is 1. The van der Waals surface area contributed by atoms with E-state index in [0.29, 0.717) is 0 Å². The van der Waals surface area contributed by atoms with Gasteiger partial charge in [-0.25, -0.2) is 4.98 Å². The van der Waals surface area contributed by atoms with Gasteiger partial charge in [-0.15, -0.1) is 11.3 Å². The molecule has 6 heteroatoms. The summed E-state index contributed by atoms with van der Waals surface area (Å²) in [5, 5.41) is 3.27. The van der Waals surface area contributed by atoms with E-state index in [1.54, 1.807) is 17.6 Å². The van der Waals surface area contributed by atoms with Crippen LogP contribution in [0, 0.1) is 5.41 Å². The van der Waals surface area contributed by atoms with Crippen LogP contribution in [0.15, 0.2) is 34.4 Å². The normalized spacial score (nSPS) is 26.8. The number of furan rings is 1. The van der Waals surface area contributed by atoms with Crippen LogP contribution in [0.5, 0.6) is 0 Å². The highest BCUT2D eigenvalue weighted by Crippen LogP contribution is 2.34. The van der Waals surface area contributed by atoms with Gasteiger partial charge in [0.1, 0.15) is 10.8 Å². The summed E-state index contributed by atoms with van der Waals surface area (Å²) in [5.74, 6) is 1.04. The Labute approximate surface area is 140 Å². The van der Waals surface area contributed by atoms with Crippen molar-refractivity contribution in [1.82, 2.24) is 14.8 Å². The van der Waals surface area contributed by atoms with Crippen molar-refractivity contribution in [3.8, 4) is 0 Å². The van der Waals surface area contributed by atoms with Gasteiger partial charge in [0.15, 0.2) is 0 Å². The van der Waals surface area contributed by atoms with Crippen LogP contribution >= 0.6 is 11.3 Å². The van der Waals surface area contributed by atoms with E-state index in [0.717, 1.165) is 58.2 Å². The van der Waals surface area contributed by atoms with Gasteiger partial charge in [-0.3, -0.25) is 9.80 Å². The molecule has 2 aromatic heterocycles. The lowest BCUT2D eigenvalue weighted by atomic mass is 9.87. The van der Waals surface area contributed by atoms with Crippen molar-refractivity contribution in [1.29, 1.82) is 0 Å². The van der Waals surface area contributed by atoms with Gasteiger partial charge in [0.05, 0.1) is 32.6 Å². The molecule has 0 amide bonds. The van der Waals surface area contributed by atoms with E-state index in [4.69, 9.17) is 9.15 Å². The van der Waals surface area contributed by atoms with Crippen LogP contribution in [0.25, 0.3) is 0 Å². The van der Waals surface area contributed by atoms with E-state index in [9.17, 15) is 0 Å². The largest absolute Gasteiger partial charge is 0.468 e. The SMILES string of the molecule is c1coc(CN2CCOC[C@]3(CCN(Cc4nccs4)C3)C2)c1. The lowest BCUT2D eigenvalue weighted by Crippen LogP contribution is -2.40. The maximum absolute atomic E-state index is 5.95. The van der Waals surface area contributed by atoms with Gasteiger partial charge in [0.25, 0.3) is 0 Å². The number of hydrogen-bond donors (Lipinski definition) is 0. The molecule has 4 heterocycles. The second-order valence-corrected chi connectivity index (χ2v) is 7.71. The topological polar surface area (TPSA) is 41.7 Å². The molecule has 124 valence electrons. The molecular weight excluding hydrogens is 310 g/mol. The first kappa shape index (κ1) is 15.3. The quantitative estimate of drug-likeness (QED) is 0.860. The van der Waals surface area contributed by atoms with Crippen LogP contribution in [0.1, 0.15) is 17.2 Å². The maximum Gasteiger partial charge on any atom is 0.117 e. The zero-order valence-corrected chi connectivity index (χ0v) is 14.1. The number of nitrogens with zero attached hydrogens (tertiary/aromatic N) is 3. The van der Waals surface area contributed by atoms with Gasteiger partial charge in [-0.1, -0.05) is 0 Å². The monoisotopic (exact) mass is 333 g/mol. The van der Waals surface area contributed by atoms with Crippen molar-refractivity contribution in [2.45, 2.75) is 19.5 Å². The number of likely N-dealkylation sites (tertiary alicyclic amines) is 1. The van der Waals surface area contributed by atoms with Gasteiger partial charge in [-0.2, -0.15) is 0 Å². The third kappa shape index (κ3) is 3.66. The van der Waals surface area contributed by atoms with Crippen molar-refractivity contribution in [3.05, 3.63) is 40.7 Å². The summed E-state index contributed by atoms with van der Waals surface area (Å²) < 4.78 is 11.5. The first-order valence-corrected chi connectivity index (χ1v) is 9.13. The van der Waals surface area contributed by atoms with Crippen molar-refractivity contribution in [3.63, 3.8) is 0 Å². The van der Waals surface area contributed by atoms with Crippen LogP contribution in [-0.2, 0) is 17.8 Å². The molecule has 1 spiro atoms. The molecule has 4 rings (SSSR count). The average molecular weight is 333 g/mol. The highest BCUT2D eigenvalue weighted by molar-refractivity contribution is 7.09. The summed E-state index contributed by atoms with van der Waals surface area (Å²) in [6.07, 6.45) is 4.85. The standard InChI is InChI=1S/C17H23N3O2S/c1-2-15(22-7-1)10-20-6-8-21-14-17(13-20)3-5-19(12-17)11-16-18-4-9-23-16/h1-2,4,7,9H,3,5-6,8,10-14H2/t17-/m0/s1. The molecule has 1 atom stereocenters. The summed E-state index contributed by atoms with van der Waals surface area (Å²) >= 11 is 1.75. The fourth-order valence-electron chi connectivity index (χ4n) is 3.77. The van der Waals surface area contributed by atoms with Crippen molar-refractivity contribution in [2.24, 2.45) is 5.41 Å². The highest BCUT2D eigenvalue weighted by Gasteiger charge is 2.41. The molecule has 0 unspecified atom stereocenters. The van der Waals surface area contributed by atoms with Crippen LogP contribution in [0.3, 0.4) is 0 Å².